The fraction of sp³-hybridized carbons (Fsp3) is 0.600. The van der Waals surface area contributed by atoms with Crippen LogP contribution in [0.25, 0.3) is 0 Å². The largest absolute Gasteiger partial charge is 0.384 e. The van der Waals surface area contributed by atoms with E-state index in [1.807, 2.05) is 0 Å². The van der Waals surface area contributed by atoms with Gasteiger partial charge in [0.15, 0.2) is 0 Å². The van der Waals surface area contributed by atoms with Gasteiger partial charge in [-0.05, 0) is 45.9 Å². The lowest BCUT2D eigenvalue weighted by atomic mass is 10.2. The fourth-order valence-electron chi connectivity index (χ4n) is 1.93. The van der Waals surface area contributed by atoms with Crippen molar-refractivity contribution in [2.24, 2.45) is 0 Å². The molecule has 0 aromatic heterocycles. The van der Waals surface area contributed by atoms with Crippen LogP contribution in [0.1, 0.15) is 32.8 Å². The molecule has 17 heavy (non-hydrogen) atoms. The van der Waals surface area contributed by atoms with E-state index >= 15 is 0 Å². The van der Waals surface area contributed by atoms with Gasteiger partial charge in [-0.1, -0.05) is 24.6 Å². The molecule has 0 unspecified atom stereocenters. The van der Waals surface area contributed by atoms with Crippen molar-refractivity contribution in [3.05, 3.63) is 29.8 Å². The van der Waals surface area contributed by atoms with E-state index in [1.54, 1.807) is 0 Å². The standard InChI is InChI=1S/C15H26N2/c1-5-11-17(13(2)3)12-10-16-15-8-6-14(4)7-9-15/h6-9,13,16H,5,10-12H2,1-4H3. The summed E-state index contributed by atoms with van der Waals surface area (Å²) in [5, 5.41) is 3.47. The lowest BCUT2D eigenvalue weighted by Gasteiger charge is -2.26. The van der Waals surface area contributed by atoms with Crippen molar-refractivity contribution in [2.45, 2.75) is 40.2 Å². The van der Waals surface area contributed by atoms with Gasteiger partial charge in [0.05, 0.1) is 0 Å². The van der Waals surface area contributed by atoms with Crippen molar-refractivity contribution < 1.29 is 0 Å². The van der Waals surface area contributed by atoms with Gasteiger partial charge < -0.3 is 5.32 Å². The molecular formula is C15H26N2. The number of nitrogens with one attached hydrogen (secondary N) is 1. The van der Waals surface area contributed by atoms with E-state index in [2.05, 4.69) is 62.2 Å². The molecule has 96 valence electrons. The second-order valence-corrected chi connectivity index (χ2v) is 4.92. The monoisotopic (exact) mass is 234 g/mol. The van der Waals surface area contributed by atoms with E-state index in [0.29, 0.717) is 6.04 Å². The van der Waals surface area contributed by atoms with Gasteiger partial charge in [-0.15, -0.1) is 0 Å². The number of rotatable bonds is 7. The predicted molar refractivity (Wildman–Crippen MR) is 76.7 cm³/mol. The zero-order valence-corrected chi connectivity index (χ0v) is 11.7. The maximum atomic E-state index is 3.47. The molecule has 1 aromatic rings. The molecule has 1 rings (SSSR count). The van der Waals surface area contributed by atoms with Crippen LogP contribution < -0.4 is 5.32 Å². The minimum atomic E-state index is 0.634. The Morgan fingerprint density at radius 1 is 1.12 bits per heavy atom. The molecule has 0 heterocycles. The Labute approximate surface area is 106 Å². The molecule has 0 saturated heterocycles. The van der Waals surface area contributed by atoms with Crippen LogP contribution in [-0.2, 0) is 0 Å². The topological polar surface area (TPSA) is 15.3 Å². The van der Waals surface area contributed by atoms with Gasteiger partial charge in [-0.2, -0.15) is 0 Å². The Morgan fingerprint density at radius 2 is 1.76 bits per heavy atom. The predicted octanol–water partition coefficient (Wildman–Crippen LogP) is 3.53. The summed E-state index contributed by atoms with van der Waals surface area (Å²) in [7, 11) is 0. The second-order valence-electron chi connectivity index (χ2n) is 4.92. The number of benzene rings is 1. The molecule has 0 aliphatic rings. The molecule has 0 spiro atoms. The molecule has 0 aliphatic heterocycles. The molecule has 0 saturated carbocycles. The minimum absolute atomic E-state index is 0.634. The number of hydrogen-bond donors (Lipinski definition) is 1. The smallest absolute Gasteiger partial charge is 0.0340 e. The number of anilines is 1. The number of hydrogen-bond acceptors (Lipinski definition) is 2. The third kappa shape index (κ3) is 5.22. The van der Waals surface area contributed by atoms with Crippen LogP contribution in [-0.4, -0.2) is 30.6 Å². The summed E-state index contributed by atoms with van der Waals surface area (Å²) < 4.78 is 0. The van der Waals surface area contributed by atoms with E-state index in [4.69, 9.17) is 0 Å². The highest BCUT2D eigenvalue weighted by Crippen LogP contribution is 2.08. The number of nitrogens with zero attached hydrogens (tertiary/aromatic N) is 1. The van der Waals surface area contributed by atoms with Crippen molar-refractivity contribution in [1.29, 1.82) is 0 Å². The molecule has 0 radical (unpaired) electrons. The first-order valence-electron chi connectivity index (χ1n) is 6.68. The Bertz CT molecular complexity index is 303. The van der Waals surface area contributed by atoms with E-state index in [1.165, 1.54) is 24.2 Å². The van der Waals surface area contributed by atoms with Crippen LogP contribution in [0.5, 0.6) is 0 Å². The summed E-state index contributed by atoms with van der Waals surface area (Å²) in [5.41, 5.74) is 2.53. The van der Waals surface area contributed by atoms with Crippen LogP contribution in [0.3, 0.4) is 0 Å². The third-order valence-corrected chi connectivity index (χ3v) is 3.02. The van der Waals surface area contributed by atoms with Gasteiger partial charge in [0.25, 0.3) is 0 Å². The zero-order chi connectivity index (χ0) is 12.7. The minimum Gasteiger partial charge on any atom is -0.384 e. The molecule has 1 aromatic carbocycles. The molecule has 2 nitrogen and oxygen atoms in total. The normalized spacial score (nSPS) is 11.2. The summed E-state index contributed by atoms with van der Waals surface area (Å²) in [6, 6.07) is 9.22. The maximum Gasteiger partial charge on any atom is 0.0340 e. The third-order valence-electron chi connectivity index (χ3n) is 3.02. The summed E-state index contributed by atoms with van der Waals surface area (Å²) in [4.78, 5) is 2.52. The van der Waals surface area contributed by atoms with Crippen molar-refractivity contribution in [3.63, 3.8) is 0 Å². The van der Waals surface area contributed by atoms with Gasteiger partial charge in [0, 0.05) is 24.8 Å². The first-order chi connectivity index (χ1) is 8.13. The van der Waals surface area contributed by atoms with Gasteiger partial charge in [-0.3, -0.25) is 4.90 Å². The Kier molecular flexibility index (Phi) is 6.06. The molecule has 2 heteroatoms. The van der Waals surface area contributed by atoms with E-state index < -0.39 is 0 Å². The van der Waals surface area contributed by atoms with Crippen LogP contribution in [0.4, 0.5) is 5.69 Å². The van der Waals surface area contributed by atoms with Gasteiger partial charge in [-0.25, -0.2) is 0 Å². The van der Waals surface area contributed by atoms with E-state index in [9.17, 15) is 0 Å². The van der Waals surface area contributed by atoms with Gasteiger partial charge in [0.1, 0.15) is 0 Å². The summed E-state index contributed by atoms with van der Waals surface area (Å²) in [6.07, 6.45) is 1.22. The highest BCUT2D eigenvalue weighted by atomic mass is 15.2. The van der Waals surface area contributed by atoms with Gasteiger partial charge >= 0.3 is 0 Å². The quantitative estimate of drug-likeness (QED) is 0.776. The van der Waals surface area contributed by atoms with Crippen LogP contribution in [0.2, 0.25) is 0 Å². The molecule has 0 bridgehead atoms. The Hall–Kier alpha value is -1.02. The highest BCUT2D eigenvalue weighted by Gasteiger charge is 2.06. The van der Waals surface area contributed by atoms with Crippen molar-refractivity contribution >= 4 is 5.69 Å². The average molecular weight is 234 g/mol. The van der Waals surface area contributed by atoms with Crippen LogP contribution >= 0.6 is 0 Å². The van der Waals surface area contributed by atoms with Crippen molar-refractivity contribution in [3.8, 4) is 0 Å². The summed E-state index contributed by atoms with van der Waals surface area (Å²) in [6.45, 7) is 12.2. The maximum absolute atomic E-state index is 3.47. The van der Waals surface area contributed by atoms with Gasteiger partial charge in [0.2, 0.25) is 0 Å². The average Bonchev–Trinajstić information content (AvgIpc) is 2.30. The molecule has 1 N–H and O–H groups in total. The van der Waals surface area contributed by atoms with Crippen LogP contribution in [0.15, 0.2) is 24.3 Å². The SMILES string of the molecule is CCCN(CCNc1ccc(C)cc1)C(C)C. The Morgan fingerprint density at radius 3 is 2.29 bits per heavy atom. The lowest BCUT2D eigenvalue weighted by Crippen LogP contribution is -2.35. The summed E-state index contributed by atoms with van der Waals surface area (Å²) in [5.74, 6) is 0. The van der Waals surface area contributed by atoms with E-state index in [-0.39, 0.29) is 0 Å². The zero-order valence-electron chi connectivity index (χ0n) is 11.7. The lowest BCUT2D eigenvalue weighted by molar-refractivity contribution is 0.231. The molecule has 0 atom stereocenters. The molecule has 0 aliphatic carbocycles. The van der Waals surface area contributed by atoms with E-state index in [0.717, 1.165) is 13.1 Å². The first-order valence-corrected chi connectivity index (χ1v) is 6.68. The van der Waals surface area contributed by atoms with Crippen LogP contribution in [0, 0.1) is 6.92 Å². The van der Waals surface area contributed by atoms with Crippen molar-refractivity contribution in [1.82, 2.24) is 4.90 Å². The molecule has 0 fully saturated rings. The fourth-order valence-corrected chi connectivity index (χ4v) is 1.93. The Balaban J connectivity index is 2.33. The van der Waals surface area contributed by atoms with Crippen molar-refractivity contribution in [2.75, 3.05) is 25.0 Å². The highest BCUT2D eigenvalue weighted by molar-refractivity contribution is 5.44. The molecule has 0 amide bonds. The molecular weight excluding hydrogens is 208 g/mol. The summed E-state index contributed by atoms with van der Waals surface area (Å²) >= 11 is 0. The first kappa shape index (κ1) is 14.0. The number of aryl methyl sites for hydroxylation is 1. The second kappa shape index (κ2) is 7.33.